The molecule has 0 fully saturated rings. The highest BCUT2D eigenvalue weighted by atomic mass is 16.3. The molecule has 1 atom stereocenters. The second kappa shape index (κ2) is 3.69. The molecule has 0 bridgehead atoms. The molecule has 0 aliphatic heterocycles. The van der Waals surface area contributed by atoms with E-state index in [0.29, 0.717) is 13.0 Å². The molecule has 0 unspecified atom stereocenters. The number of aryl methyl sites for hydroxylation is 1. The van der Waals surface area contributed by atoms with Crippen LogP contribution in [0, 0.1) is 6.92 Å². The second-order valence-corrected chi connectivity index (χ2v) is 2.90. The lowest BCUT2D eigenvalue weighted by Gasteiger charge is -2.07. The lowest BCUT2D eigenvalue weighted by molar-refractivity contribution is 0.169. The zero-order valence-electron chi connectivity index (χ0n) is 7.49. The first kappa shape index (κ1) is 9.22. The van der Waals surface area contributed by atoms with Gasteiger partial charge in [-0.3, -0.25) is 4.68 Å². The van der Waals surface area contributed by atoms with Crippen molar-refractivity contribution >= 4 is 0 Å². The quantitative estimate of drug-likeness (QED) is 0.675. The van der Waals surface area contributed by atoms with Crippen LogP contribution >= 0.6 is 0 Å². The summed E-state index contributed by atoms with van der Waals surface area (Å²) in [6.45, 7) is 2.43. The first-order valence-corrected chi connectivity index (χ1v) is 4.03. The number of nitrogens with two attached hydrogens (primary N) is 1. The molecule has 0 aliphatic carbocycles. The van der Waals surface area contributed by atoms with Gasteiger partial charge < -0.3 is 10.8 Å². The van der Waals surface area contributed by atoms with Crippen molar-refractivity contribution in [1.82, 2.24) is 9.78 Å². The third-order valence-corrected chi connectivity index (χ3v) is 2.07. The van der Waals surface area contributed by atoms with Gasteiger partial charge in [-0.2, -0.15) is 5.10 Å². The van der Waals surface area contributed by atoms with Gasteiger partial charge in [-0.25, -0.2) is 0 Å². The smallest absolute Gasteiger partial charge is 0.0835 e. The minimum Gasteiger partial charge on any atom is -0.388 e. The molecule has 0 aliphatic rings. The summed E-state index contributed by atoms with van der Waals surface area (Å²) in [5, 5.41) is 13.6. The molecule has 0 amide bonds. The maximum Gasteiger partial charge on any atom is 0.0835 e. The number of nitrogens with zero attached hydrogens (tertiary/aromatic N) is 2. The van der Waals surface area contributed by atoms with Crippen molar-refractivity contribution in [2.45, 2.75) is 19.4 Å². The van der Waals surface area contributed by atoms with Gasteiger partial charge in [0.15, 0.2) is 0 Å². The van der Waals surface area contributed by atoms with E-state index in [0.717, 1.165) is 11.3 Å². The van der Waals surface area contributed by atoms with Crippen LogP contribution in [0.15, 0.2) is 6.20 Å². The highest BCUT2D eigenvalue weighted by Gasteiger charge is 2.12. The Kier molecular flexibility index (Phi) is 2.83. The van der Waals surface area contributed by atoms with Gasteiger partial charge in [0.1, 0.15) is 0 Å². The zero-order chi connectivity index (χ0) is 9.14. The van der Waals surface area contributed by atoms with Crippen molar-refractivity contribution in [3.8, 4) is 0 Å². The van der Waals surface area contributed by atoms with E-state index in [9.17, 15) is 5.11 Å². The monoisotopic (exact) mass is 169 g/mol. The van der Waals surface area contributed by atoms with Crippen molar-refractivity contribution in [2.75, 3.05) is 6.54 Å². The van der Waals surface area contributed by atoms with Gasteiger partial charge in [0.2, 0.25) is 0 Å². The highest BCUT2D eigenvalue weighted by molar-refractivity contribution is 5.18. The highest BCUT2D eigenvalue weighted by Crippen LogP contribution is 2.18. The Bertz CT molecular complexity index is 257. The van der Waals surface area contributed by atoms with Gasteiger partial charge in [0.05, 0.1) is 12.3 Å². The summed E-state index contributed by atoms with van der Waals surface area (Å²) in [7, 11) is 1.86. The van der Waals surface area contributed by atoms with Crippen LogP contribution < -0.4 is 5.73 Å². The summed E-state index contributed by atoms with van der Waals surface area (Å²) in [5.74, 6) is 0. The molecule has 1 heterocycles. The fourth-order valence-electron chi connectivity index (χ4n) is 1.16. The lowest BCUT2D eigenvalue weighted by atomic mass is 10.1. The molecule has 3 N–H and O–H groups in total. The van der Waals surface area contributed by atoms with Crippen LogP contribution in [0.25, 0.3) is 0 Å². The molecule has 4 heteroatoms. The third kappa shape index (κ3) is 1.65. The van der Waals surface area contributed by atoms with Gasteiger partial charge >= 0.3 is 0 Å². The van der Waals surface area contributed by atoms with Crippen molar-refractivity contribution in [3.05, 3.63) is 17.5 Å². The van der Waals surface area contributed by atoms with E-state index in [1.54, 1.807) is 10.9 Å². The average molecular weight is 169 g/mol. The Balaban J connectivity index is 2.80. The molecule has 0 saturated heterocycles. The predicted molar refractivity (Wildman–Crippen MR) is 46.6 cm³/mol. The van der Waals surface area contributed by atoms with Crippen LogP contribution in [0.1, 0.15) is 23.8 Å². The van der Waals surface area contributed by atoms with Crippen LogP contribution in [-0.4, -0.2) is 21.4 Å². The minimum absolute atomic E-state index is 0.469. The molecule has 0 radical (unpaired) electrons. The predicted octanol–water partition coefficient (Wildman–Crippen LogP) is 0.111. The van der Waals surface area contributed by atoms with Crippen LogP contribution in [0.5, 0.6) is 0 Å². The van der Waals surface area contributed by atoms with E-state index in [4.69, 9.17) is 5.73 Å². The number of hydrogen-bond acceptors (Lipinski definition) is 3. The fourth-order valence-corrected chi connectivity index (χ4v) is 1.16. The first-order chi connectivity index (χ1) is 5.66. The van der Waals surface area contributed by atoms with Crippen LogP contribution in [-0.2, 0) is 7.05 Å². The van der Waals surface area contributed by atoms with Crippen LogP contribution in [0.4, 0.5) is 0 Å². The van der Waals surface area contributed by atoms with Crippen molar-refractivity contribution in [2.24, 2.45) is 12.8 Å². The topological polar surface area (TPSA) is 64.1 Å². The maximum atomic E-state index is 9.58. The van der Waals surface area contributed by atoms with E-state index < -0.39 is 6.10 Å². The second-order valence-electron chi connectivity index (χ2n) is 2.90. The van der Waals surface area contributed by atoms with Gasteiger partial charge in [0, 0.05) is 18.3 Å². The molecule has 1 aromatic heterocycles. The molecule has 0 aromatic carbocycles. The summed E-state index contributed by atoms with van der Waals surface area (Å²) in [5.41, 5.74) is 7.21. The van der Waals surface area contributed by atoms with Crippen molar-refractivity contribution in [3.63, 3.8) is 0 Å². The summed E-state index contributed by atoms with van der Waals surface area (Å²) in [6, 6.07) is 0. The van der Waals surface area contributed by atoms with E-state index in [2.05, 4.69) is 5.10 Å². The van der Waals surface area contributed by atoms with Gasteiger partial charge in [-0.05, 0) is 19.9 Å². The zero-order valence-corrected chi connectivity index (χ0v) is 7.49. The van der Waals surface area contributed by atoms with Crippen molar-refractivity contribution in [1.29, 1.82) is 0 Å². The Morgan fingerprint density at radius 1 is 1.75 bits per heavy atom. The molecule has 12 heavy (non-hydrogen) atoms. The molecule has 0 spiro atoms. The summed E-state index contributed by atoms with van der Waals surface area (Å²) < 4.78 is 1.75. The van der Waals surface area contributed by atoms with Crippen LogP contribution in [0.3, 0.4) is 0 Å². The maximum absolute atomic E-state index is 9.58. The van der Waals surface area contributed by atoms with E-state index in [1.165, 1.54) is 0 Å². The number of hydrogen-bond donors (Lipinski definition) is 2. The normalized spacial score (nSPS) is 13.3. The SMILES string of the molecule is Cc1c([C@H](O)CCN)cnn1C. The standard InChI is InChI=1S/C8H15N3O/c1-6-7(5-10-11(6)2)8(12)3-4-9/h5,8,12H,3-4,9H2,1-2H3/t8-/m1/s1. The lowest BCUT2D eigenvalue weighted by Crippen LogP contribution is -2.07. The van der Waals surface area contributed by atoms with Crippen molar-refractivity contribution < 1.29 is 5.11 Å². The molecule has 1 aromatic rings. The number of rotatable bonds is 3. The van der Waals surface area contributed by atoms with E-state index in [-0.39, 0.29) is 0 Å². The molecule has 4 nitrogen and oxygen atoms in total. The van der Waals surface area contributed by atoms with Gasteiger partial charge in [-0.1, -0.05) is 0 Å². The average Bonchev–Trinajstić information content (AvgIpc) is 2.34. The number of aliphatic hydroxyl groups is 1. The van der Waals surface area contributed by atoms with Crippen LogP contribution in [0.2, 0.25) is 0 Å². The molecule has 0 saturated carbocycles. The Labute approximate surface area is 72.0 Å². The summed E-state index contributed by atoms with van der Waals surface area (Å²) in [6.07, 6.45) is 1.81. The Morgan fingerprint density at radius 2 is 2.42 bits per heavy atom. The third-order valence-electron chi connectivity index (χ3n) is 2.07. The number of aliphatic hydroxyl groups excluding tert-OH is 1. The van der Waals surface area contributed by atoms with E-state index >= 15 is 0 Å². The largest absolute Gasteiger partial charge is 0.388 e. The molecular weight excluding hydrogens is 154 g/mol. The van der Waals surface area contributed by atoms with Gasteiger partial charge in [0.25, 0.3) is 0 Å². The molecular formula is C8H15N3O. The summed E-state index contributed by atoms with van der Waals surface area (Å²) in [4.78, 5) is 0. The van der Waals surface area contributed by atoms with Gasteiger partial charge in [-0.15, -0.1) is 0 Å². The Hall–Kier alpha value is -0.870. The minimum atomic E-state index is -0.469. The number of aromatic nitrogens is 2. The van der Waals surface area contributed by atoms with E-state index in [1.807, 2.05) is 14.0 Å². The Morgan fingerprint density at radius 3 is 2.83 bits per heavy atom. The molecule has 1 rings (SSSR count). The molecule has 68 valence electrons. The summed E-state index contributed by atoms with van der Waals surface area (Å²) >= 11 is 0. The first-order valence-electron chi connectivity index (χ1n) is 4.03. The fraction of sp³-hybridized carbons (Fsp3) is 0.625.